The summed E-state index contributed by atoms with van der Waals surface area (Å²) in [6, 6.07) is 0. The van der Waals surface area contributed by atoms with Gasteiger partial charge < -0.3 is 10.2 Å². The Bertz CT molecular complexity index is 356. The molecular weight excluding hydrogens is 316 g/mol. The monoisotopic (exact) mass is 336 g/mol. The average molecular weight is 337 g/mol. The Morgan fingerprint density at radius 3 is 2.50 bits per heavy atom. The van der Waals surface area contributed by atoms with Gasteiger partial charge in [0.05, 0.1) is 6.20 Å². The fraction of sp³-hybridized carbons (Fsp3) is 0.727. The molecule has 20 heavy (non-hydrogen) atoms. The van der Waals surface area contributed by atoms with Gasteiger partial charge in [0.15, 0.2) is 0 Å². The topological polar surface area (TPSA) is 33.1 Å². The highest BCUT2D eigenvalue weighted by Gasteiger charge is 2.28. The van der Waals surface area contributed by atoms with Crippen molar-refractivity contribution in [3.8, 4) is 0 Å². The smallest absolute Gasteiger partial charge is 0.313 e. The van der Waals surface area contributed by atoms with Crippen molar-refractivity contribution in [3.05, 3.63) is 18.0 Å². The molecule has 0 fully saturated rings. The first-order valence-corrected chi connectivity index (χ1v) is 5.80. The highest BCUT2D eigenvalue weighted by Crippen LogP contribution is 2.16. The van der Waals surface area contributed by atoms with Gasteiger partial charge in [0.1, 0.15) is 6.54 Å². The van der Waals surface area contributed by atoms with E-state index in [9.17, 15) is 13.2 Å². The maximum absolute atomic E-state index is 12.1. The molecule has 0 atom stereocenters. The molecule has 120 valence electrons. The van der Waals surface area contributed by atoms with Crippen molar-refractivity contribution in [2.75, 3.05) is 27.2 Å². The van der Waals surface area contributed by atoms with Crippen LogP contribution in [0.2, 0.25) is 0 Å². The summed E-state index contributed by atoms with van der Waals surface area (Å²) in [5.41, 5.74) is 0.768. The molecule has 1 rings (SSSR count). The lowest BCUT2D eigenvalue weighted by molar-refractivity contribution is -0.142. The molecule has 0 radical (unpaired) electrons. The molecule has 0 spiro atoms. The number of hydrogen-bond acceptors (Lipinski definition) is 3. The van der Waals surface area contributed by atoms with Crippen LogP contribution in [0.25, 0.3) is 0 Å². The Kier molecular flexibility index (Phi) is 11.2. The van der Waals surface area contributed by atoms with Crippen LogP contribution in [0.3, 0.4) is 0 Å². The minimum Gasteiger partial charge on any atom is -0.313 e. The van der Waals surface area contributed by atoms with E-state index in [4.69, 9.17) is 0 Å². The van der Waals surface area contributed by atoms with Gasteiger partial charge in [0.2, 0.25) is 0 Å². The van der Waals surface area contributed by atoms with Crippen LogP contribution < -0.4 is 5.32 Å². The van der Waals surface area contributed by atoms with Crippen molar-refractivity contribution in [1.82, 2.24) is 20.0 Å². The van der Waals surface area contributed by atoms with E-state index < -0.39 is 12.7 Å². The number of nitrogens with zero attached hydrogens (tertiary/aromatic N) is 3. The minimum atomic E-state index is -4.22. The Balaban J connectivity index is 0. The normalized spacial score (nSPS) is 11.1. The van der Waals surface area contributed by atoms with Gasteiger partial charge in [-0.05, 0) is 33.6 Å². The van der Waals surface area contributed by atoms with Crippen LogP contribution in [0.1, 0.15) is 12.0 Å². The molecule has 9 heteroatoms. The van der Waals surface area contributed by atoms with Gasteiger partial charge in [-0.15, -0.1) is 24.8 Å². The lowest BCUT2D eigenvalue weighted by Gasteiger charge is -2.09. The third kappa shape index (κ3) is 10.3. The van der Waals surface area contributed by atoms with E-state index >= 15 is 0 Å². The van der Waals surface area contributed by atoms with Crippen molar-refractivity contribution < 1.29 is 13.2 Å². The first-order valence-electron chi connectivity index (χ1n) is 5.80. The van der Waals surface area contributed by atoms with E-state index in [-0.39, 0.29) is 24.8 Å². The first kappa shape index (κ1) is 21.8. The molecule has 0 aliphatic heterocycles. The van der Waals surface area contributed by atoms with Crippen LogP contribution in [-0.4, -0.2) is 48.0 Å². The van der Waals surface area contributed by atoms with Crippen LogP contribution in [0.5, 0.6) is 0 Å². The standard InChI is InChI=1S/C11H19F3N4.2ClH/c1-17(2)5-3-4-15-6-10-7-16-18(8-10)9-11(12,13)14;;/h7-8,15H,3-6,9H2,1-2H3;2*1H. The number of rotatable bonds is 7. The second-order valence-corrected chi connectivity index (χ2v) is 4.49. The average Bonchev–Trinajstić information content (AvgIpc) is 2.62. The molecule has 0 bridgehead atoms. The van der Waals surface area contributed by atoms with Gasteiger partial charge in [-0.25, -0.2) is 0 Å². The van der Waals surface area contributed by atoms with Gasteiger partial charge in [-0.1, -0.05) is 0 Å². The third-order valence-electron chi connectivity index (χ3n) is 2.32. The van der Waals surface area contributed by atoms with Crippen molar-refractivity contribution in [3.63, 3.8) is 0 Å². The second-order valence-electron chi connectivity index (χ2n) is 4.49. The highest BCUT2D eigenvalue weighted by molar-refractivity contribution is 5.85. The van der Waals surface area contributed by atoms with Crippen molar-refractivity contribution in [1.29, 1.82) is 0 Å². The number of halogens is 5. The quantitative estimate of drug-likeness (QED) is 0.776. The molecule has 0 aliphatic carbocycles. The molecule has 4 nitrogen and oxygen atoms in total. The lowest BCUT2D eigenvalue weighted by atomic mass is 10.3. The van der Waals surface area contributed by atoms with E-state index in [0.29, 0.717) is 6.54 Å². The Labute approximate surface area is 129 Å². The molecule has 0 aromatic carbocycles. The molecule has 1 aromatic rings. The van der Waals surface area contributed by atoms with Crippen LogP contribution in [0.4, 0.5) is 13.2 Å². The van der Waals surface area contributed by atoms with E-state index in [1.165, 1.54) is 12.4 Å². The Hall–Kier alpha value is -0.500. The zero-order chi connectivity index (χ0) is 13.6. The van der Waals surface area contributed by atoms with Crippen LogP contribution in [0.15, 0.2) is 12.4 Å². The van der Waals surface area contributed by atoms with E-state index in [0.717, 1.165) is 29.8 Å². The number of hydrogen-bond donors (Lipinski definition) is 1. The SMILES string of the molecule is CN(C)CCCNCc1cnn(CC(F)(F)F)c1.Cl.Cl. The van der Waals surface area contributed by atoms with Gasteiger partial charge in [-0.2, -0.15) is 18.3 Å². The fourth-order valence-electron chi connectivity index (χ4n) is 1.52. The maximum atomic E-state index is 12.1. The molecule has 0 amide bonds. The molecular formula is C11H21Cl2F3N4. The van der Waals surface area contributed by atoms with Crippen molar-refractivity contribution >= 4 is 24.8 Å². The number of aromatic nitrogens is 2. The summed E-state index contributed by atoms with van der Waals surface area (Å²) in [4.78, 5) is 2.09. The lowest BCUT2D eigenvalue weighted by Crippen LogP contribution is -2.21. The summed E-state index contributed by atoms with van der Waals surface area (Å²) in [6.45, 7) is 1.34. The summed E-state index contributed by atoms with van der Waals surface area (Å²) in [6.07, 6.45) is -0.330. The Morgan fingerprint density at radius 2 is 1.95 bits per heavy atom. The molecule has 0 saturated carbocycles. The summed E-state index contributed by atoms with van der Waals surface area (Å²) in [7, 11) is 4.00. The van der Waals surface area contributed by atoms with Crippen molar-refractivity contribution in [2.45, 2.75) is 25.7 Å². The largest absolute Gasteiger partial charge is 0.408 e. The molecule has 0 aliphatic rings. The zero-order valence-corrected chi connectivity index (χ0v) is 13.1. The summed E-state index contributed by atoms with van der Waals surface area (Å²) >= 11 is 0. The second kappa shape index (κ2) is 10.3. The molecule has 0 saturated heterocycles. The van der Waals surface area contributed by atoms with Crippen LogP contribution in [-0.2, 0) is 13.1 Å². The van der Waals surface area contributed by atoms with Crippen LogP contribution >= 0.6 is 24.8 Å². The van der Waals surface area contributed by atoms with E-state index in [1.807, 2.05) is 14.1 Å². The molecule has 1 aromatic heterocycles. The minimum absolute atomic E-state index is 0. The number of nitrogens with one attached hydrogen (secondary N) is 1. The third-order valence-corrected chi connectivity index (χ3v) is 2.32. The summed E-state index contributed by atoms with van der Waals surface area (Å²) in [5.74, 6) is 0. The molecule has 0 unspecified atom stereocenters. The Morgan fingerprint density at radius 1 is 1.30 bits per heavy atom. The summed E-state index contributed by atoms with van der Waals surface area (Å²) in [5, 5.41) is 6.85. The van der Waals surface area contributed by atoms with Gasteiger partial charge in [-0.3, -0.25) is 4.68 Å². The van der Waals surface area contributed by atoms with E-state index in [2.05, 4.69) is 15.3 Å². The van der Waals surface area contributed by atoms with Gasteiger partial charge in [0, 0.05) is 18.3 Å². The first-order chi connectivity index (χ1) is 8.37. The van der Waals surface area contributed by atoms with Gasteiger partial charge in [0.25, 0.3) is 0 Å². The van der Waals surface area contributed by atoms with E-state index in [1.54, 1.807) is 0 Å². The highest BCUT2D eigenvalue weighted by atomic mass is 35.5. The number of alkyl halides is 3. The zero-order valence-electron chi connectivity index (χ0n) is 11.5. The summed E-state index contributed by atoms with van der Waals surface area (Å²) < 4.78 is 37.2. The maximum Gasteiger partial charge on any atom is 0.408 e. The van der Waals surface area contributed by atoms with Crippen LogP contribution in [0, 0.1) is 0 Å². The van der Waals surface area contributed by atoms with Crippen molar-refractivity contribution in [2.24, 2.45) is 0 Å². The predicted octanol–water partition coefficient (Wildman–Crippen LogP) is 2.33. The van der Waals surface area contributed by atoms with Gasteiger partial charge >= 0.3 is 6.18 Å². The molecule has 1 N–H and O–H groups in total. The fourth-order valence-corrected chi connectivity index (χ4v) is 1.52. The predicted molar refractivity (Wildman–Crippen MR) is 77.7 cm³/mol. The molecule has 1 heterocycles.